The van der Waals surface area contributed by atoms with Crippen molar-refractivity contribution in [3.63, 3.8) is 0 Å². The number of rotatable bonds is 2. The highest BCUT2D eigenvalue weighted by molar-refractivity contribution is 9.10. The number of aromatic hydroxyl groups is 1. The van der Waals surface area contributed by atoms with Crippen molar-refractivity contribution in [3.8, 4) is 5.75 Å². The quantitative estimate of drug-likeness (QED) is 0.779. The molecule has 16 heavy (non-hydrogen) atoms. The number of benzene rings is 1. The number of phenolic OH excluding ortho intramolecular Hbond substituents is 1. The Kier molecular flexibility index (Phi) is 3.52. The topological polar surface area (TPSA) is 66.5 Å². The van der Waals surface area contributed by atoms with E-state index in [4.69, 9.17) is 5.73 Å². The smallest absolute Gasteiger partial charge is 0.135 e. The summed E-state index contributed by atoms with van der Waals surface area (Å²) in [6.45, 7) is 0.124. The number of halogens is 1. The molecule has 1 aromatic carbocycles. The highest BCUT2D eigenvalue weighted by Crippen LogP contribution is 2.39. The molecule has 0 saturated carbocycles. The van der Waals surface area contributed by atoms with Gasteiger partial charge in [-0.1, -0.05) is 0 Å². The van der Waals surface area contributed by atoms with Gasteiger partial charge in [0.25, 0.3) is 0 Å². The molecule has 0 aliphatic heterocycles. The maximum atomic E-state index is 9.99. The van der Waals surface area contributed by atoms with Crippen molar-refractivity contribution < 1.29 is 10.2 Å². The first-order chi connectivity index (χ1) is 7.65. The predicted molar refractivity (Wildman–Crippen MR) is 66.5 cm³/mol. The van der Waals surface area contributed by atoms with Crippen LogP contribution in [0.3, 0.4) is 0 Å². The number of hydrogen-bond donors (Lipinski definition) is 3. The number of aliphatic hydroxyl groups is 1. The van der Waals surface area contributed by atoms with Gasteiger partial charge in [-0.05, 0) is 58.8 Å². The van der Waals surface area contributed by atoms with Gasteiger partial charge >= 0.3 is 0 Å². The average Bonchev–Trinajstić information content (AvgIpc) is 2.33. The van der Waals surface area contributed by atoms with Crippen molar-refractivity contribution in [2.45, 2.75) is 31.8 Å². The number of fused-ring (bicyclic) bond motifs is 1. The fourth-order valence-corrected chi connectivity index (χ4v) is 2.93. The molecule has 4 heteroatoms. The summed E-state index contributed by atoms with van der Waals surface area (Å²) in [5, 5.41) is 19.7. The minimum absolute atomic E-state index is 0.124. The summed E-state index contributed by atoms with van der Waals surface area (Å²) >= 11 is 3.41. The molecular weight excluding hydrogens is 270 g/mol. The molecule has 4 N–H and O–H groups in total. The SMILES string of the molecule is NCC(O)c1cc2c(c(Br)c1O)CCCC2. The highest BCUT2D eigenvalue weighted by Gasteiger charge is 2.21. The van der Waals surface area contributed by atoms with Gasteiger partial charge in [0.05, 0.1) is 10.6 Å². The molecule has 1 atom stereocenters. The van der Waals surface area contributed by atoms with Crippen LogP contribution >= 0.6 is 15.9 Å². The van der Waals surface area contributed by atoms with Crippen LogP contribution in [0.4, 0.5) is 0 Å². The summed E-state index contributed by atoms with van der Waals surface area (Å²) < 4.78 is 0.729. The van der Waals surface area contributed by atoms with E-state index in [1.165, 1.54) is 17.5 Å². The Balaban J connectivity index is 2.52. The van der Waals surface area contributed by atoms with Crippen molar-refractivity contribution in [1.82, 2.24) is 0 Å². The van der Waals surface area contributed by atoms with Crippen LogP contribution in [0.25, 0.3) is 0 Å². The summed E-state index contributed by atoms with van der Waals surface area (Å²) in [6, 6.07) is 1.89. The summed E-state index contributed by atoms with van der Waals surface area (Å²) in [5.41, 5.74) is 8.36. The summed E-state index contributed by atoms with van der Waals surface area (Å²) in [5.74, 6) is 0.138. The molecule has 0 saturated heterocycles. The van der Waals surface area contributed by atoms with E-state index in [1.807, 2.05) is 6.07 Å². The first-order valence-corrected chi connectivity index (χ1v) is 6.35. The van der Waals surface area contributed by atoms with Crippen LogP contribution in [0.1, 0.15) is 35.6 Å². The third-order valence-corrected chi connectivity index (χ3v) is 4.02. The summed E-state index contributed by atoms with van der Waals surface area (Å²) in [7, 11) is 0. The molecule has 0 bridgehead atoms. The molecule has 0 fully saturated rings. The molecule has 88 valence electrons. The minimum Gasteiger partial charge on any atom is -0.506 e. The van der Waals surface area contributed by atoms with E-state index in [0.29, 0.717) is 5.56 Å². The van der Waals surface area contributed by atoms with Gasteiger partial charge in [0, 0.05) is 12.1 Å². The number of aliphatic hydroxyl groups excluding tert-OH is 1. The summed E-state index contributed by atoms with van der Waals surface area (Å²) in [6.07, 6.45) is 3.54. The van der Waals surface area contributed by atoms with Crippen LogP contribution < -0.4 is 5.73 Å². The van der Waals surface area contributed by atoms with Crippen LogP contribution in [0.15, 0.2) is 10.5 Å². The van der Waals surface area contributed by atoms with Crippen molar-refractivity contribution in [3.05, 3.63) is 27.2 Å². The molecule has 2 rings (SSSR count). The fourth-order valence-electron chi connectivity index (χ4n) is 2.25. The third-order valence-electron chi connectivity index (χ3n) is 3.17. The molecule has 0 spiro atoms. The van der Waals surface area contributed by atoms with Gasteiger partial charge < -0.3 is 15.9 Å². The van der Waals surface area contributed by atoms with Gasteiger partial charge in [-0.25, -0.2) is 0 Å². The minimum atomic E-state index is -0.788. The maximum Gasteiger partial charge on any atom is 0.135 e. The Morgan fingerprint density at radius 3 is 2.75 bits per heavy atom. The van der Waals surface area contributed by atoms with E-state index in [1.54, 1.807) is 0 Å². The van der Waals surface area contributed by atoms with Crippen LogP contribution in [0, 0.1) is 0 Å². The zero-order valence-corrected chi connectivity index (χ0v) is 10.6. The number of nitrogens with two attached hydrogens (primary N) is 1. The van der Waals surface area contributed by atoms with Crippen LogP contribution in [0.2, 0.25) is 0 Å². The van der Waals surface area contributed by atoms with E-state index in [2.05, 4.69) is 15.9 Å². The normalized spacial score (nSPS) is 16.9. The first-order valence-electron chi connectivity index (χ1n) is 5.56. The van der Waals surface area contributed by atoms with E-state index in [-0.39, 0.29) is 12.3 Å². The van der Waals surface area contributed by atoms with Gasteiger partial charge in [0.2, 0.25) is 0 Å². The third kappa shape index (κ3) is 1.97. The standard InChI is InChI=1S/C12H16BrNO2/c13-11-8-4-2-1-3-7(8)5-9(12(11)16)10(15)6-14/h5,10,15-16H,1-4,6,14H2. The van der Waals surface area contributed by atoms with E-state index < -0.39 is 6.10 Å². The molecule has 0 heterocycles. The Labute approximate surface area is 103 Å². The zero-order chi connectivity index (χ0) is 11.7. The lowest BCUT2D eigenvalue weighted by atomic mass is 9.89. The van der Waals surface area contributed by atoms with Crippen molar-refractivity contribution in [2.75, 3.05) is 6.54 Å². The van der Waals surface area contributed by atoms with Crippen molar-refractivity contribution in [2.24, 2.45) is 5.73 Å². The maximum absolute atomic E-state index is 9.99. The average molecular weight is 286 g/mol. The second kappa shape index (κ2) is 4.73. The molecule has 0 amide bonds. The van der Waals surface area contributed by atoms with Gasteiger partial charge in [-0.2, -0.15) is 0 Å². The molecule has 1 aliphatic carbocycles. The Morgan fingerprint density at radius 1 is 1.38 bits per heavy atom. The van der Waals surface area contributed by atoms with E-state index in [9.17, 15) is 10.2 Å². The second-order valence-electron chi connectivity index (χ2n) is 4.22. The van der Waals surface area contributed by atoms with E-state index in [0.717, 1.165) is 23.7 Å². The second-order valence-corrected chi connectivity index (χ2v) is 5.02. The summed E-state index contributed by atoms with van der Waals surface area (Å²) in [4.78, 5) is 0. The molecule has 3 nitrogen and oxygen atoms in total. The number of aryl methyl sites for hydroxylation is 1. The lowest BCUT2D eigenvalue weighted by molar-refractivity contribution is 0.182. The Hall–Kier alpha value is -0.580. The number of hydrogen-bond acceptors (Lipinski definition) is 3. The lowest BCUT2D eigenvalue weighted by Crippen LogP contribution is -2.14. The molecule has 1 aromatic rings. The monoisotopic (exact) mass is 285 g/mol. The van der Waals surface area contributed by atoms with Crippen molar-refractivity contribution >= 4 is 15.9 Å². The van der Waals surface area contributed by atoms with Gasteiger partial charge in [-0.15, -0.1) is 0 Å². The van der Waals surface area contributed by atoms with Crippen LogP contribution in [0.5, 0.6) is 5.75 Å². The van der Waals surface area contributed by atoms with Gasteiger partial charge in [0.15, 0.2) is 0 Å². The van der Waals surface area contributed by atoms with Gasteiger partial charge in [-0.3, -0.25) is 0 Å². The Morgan fingerprint density at radius 2 is 2.06 bits per heavy atom. The first kappa shape index (κ1) is 11.9. The van der Waals surface area contributed by atoms with Crippen molar-refractivity contribution in [1.29, 1.82) is 0 Å². The zero-order valence-electron chi connectivity index (χ0n) is 9.04. The molecule has 0 radical (unpaired) electrons. The molecule has 1 unspecified atom stereocenters. The van der Waals surface area contributed by atoms with E-state index >= 15 is 0 Å². The fraction of sp³-hybridized carbons (Fsp3) is 0.500. The number of phenols is 1. The van der Waals surface area contributed by atoms with Gasteiger partial charge in [0.1, 0.15) is 5.75 Å². The molecule has 0 aromatic heterocycles. The van der Waals surface area contributed by atoms with Crippen LogP contribution in [-0.4, -0.2) is 16.8 Å². The Bertz CT molecular complexity index is 406. The predicted octanol–water partition coefficient (Wildman–Crippen LogP) is 2.03. The van der Waals surface area contributed by atoms with Crippen LogP contribution in [-0.2, 0) is 12.8 Å². The largest absolute Gasteiger partial charge is 0.506 e. The highest BCUT2D eigenvalue weighted by atomic mass is 79.9. The molecular formula is C12H16BrNO2. The lowest BCUT2D eigenvalue weighted by Gasteiger charge is -2.21. The molecule has 1 aliphatic rings.